The quantitative estimate of drug-likeness (QED) is 0.620. The van der Waals surface area contributed by atoms with Gasteiger partial charge < -0.3 is 4.74 Å². The Morgan fingerprint density at radius 3 is 2.67 bits per heavy atom. The number of nitrogens with zero attached hydrogens (tertiary/aromatic N) is 1. The summed E-state index contributed by atoms with van der Waals surface area (Å²) in [4.78, 5) is 5.56. The number of aromatic nitrogens is 1. The van der Waals surface area contributed by atoms with Gasteiger partial charge in [0.1, 0.15) is 5.75 Å². The third-order valence-corrected chi connectivity index (χ3v) is 7.69. The predicted octanol–water partition coefficient (Wildman–Crippen LogP) is 4.32. The Bertz CT molecular complexity index is 1020. The average molecular weight is 398 g/mol. The maximum atomic E-state index is 12.6. The number of ether oxygens (including phenoxy) is 1. The van der Waals surface area contributed by atoms with Gasteiger partial charge in [0, 0.05) is 29.3 Å². The second kappa shape index (κ2) is 7.74. The van der Waals surface area contributed by atoms with Gasteiger partial charge in [0.25, 0.3) is 0 Å². The monoisotopic (exact) mass is 397 g/mol. The lowest BCUT2D eigenvalue weighted by Crippen LogP contribution is -2.04. The van der Waals surface area contributed by atoms with Gasteiger partial charge in [-0.05, 0) is 35.9 Å². The first-order valence-electron chi connectivity index (χ1n) is 8.72. The van der Waals surface area contributed by atoms with Crippen LogP contribution in [0.2, 0.25) is 0 Å². The normalized spacial score (nSPS) is 17.4. The molecule has 4 rings (SSSR count). The molecule has 0 spiro atoms. The van der Waals surface area contributed by atoms with Gasteiger partial charge in [0.05, 0.1) is 22.5 Å². The van der Waals surface area contributed by atoms with Gasteiger partial charge in [0.2, 0.25) is 0 Å². The topological polar surface area (TPSA) is 56.3 Å². The zero-order chi connectivity index (χ0) is 18.7. The SMILES string of the molecule is O=S1(=O)CC(Sc2ccccc2)c2c(OCCc3cccnc3)cccc21. The van der Waals surface area contributed by atoms with Crippen LogP contribution in [0, 0.1) is 0 Å². The number of sulfone groups is 1. The fourth-order valence-electron chi connectivity index (χ4n) is 3.19. The Morgan fingerprint density at radius 1 is 1.04 bits per heavy atom. The highest BCUT2D eigenvalue weighted by Crippen LogP contribution is 2.48. The van der Waals surface area contributed by atoms with Gasteiger partial charge in [-0.15, -0.1) is 11.8 Å². The molecule has 1 unspecified atom stereocenters. The average Bonchev–Trinajstić information content (AvgIpc) is 2.94. The van der Waals surface area contributed by atoms with Crippen molar-refractivity contribution in [3.8, 4) is 5.75 Å². The first kappa shape index (κ1) is 18.1. The minimum atomic E-state index is -3.29. The van der Waals surface area contributed by atoms with Gasteiger partial charge in [-0.1, -0.05) is 30.3 Å². The van der Waals surface area contributed by atoms with E-state index < -0.39 is 9.84 Å². The van der Waals surface area contributed by atoms with Crippen LogP contribution in [0.5, 0.6) is 5.75 Å². The van der Waals surface area contributed by atoms with Crippen LogP contribution in [-0.4, -0.2) is 25.8 Å². The highest BCUT2D eigenvalue weighted by Gasteiger charge is 2.37. The van der Waals surface area contributed by atoms with E-state index in [-0.39, 0.29) is 11.0 Å². The summed E-state index contributed by atoms with van der Waals surface area (Å²) < 4.78 is 31.3. The molecular formula is C21H19NO3S2. The zero-order valence-corrected chi connectivity index (χ0v) is 16.2. The van der Waals surface area contributed by atoms with Crippen molar-refractivity contribution in [1.82, 2.24) is 4.98 Å². The minimum Gasteiger partial charge on any atom is -0.493 e. The molecule has 2 aromatic carbocycles. The fourth-order valence-corrected chi connectivity index (χ4v) is 6.69. The van der Waals surface area contributed by atoms with E-state index >= 15 is 0 Å². The molecule has 0 N–H and O–H groups in total. The highest BCUT2D eigenvalue weighted by molar-refractivity contribution is 8.01. The number of benzene rings is 2. The van der Waals surface area contributed by atoms with E-state index in [1.54, 1.807) is 30.1 Å². The molecule has 0 radical (unpaired) electrons. The van der Waals surface area contributed by atoms with Gasteiger partial charge in [-0.25, -0.2) is 8.42 Å². The molecule has 0 fully saturated rings. The summed E-state index contributed by atoms with van der Waals surface area (Å²) in [5.74, 6) is 0.760. The van der Waals surface area contributed by atoms with Crippen LogP contribution in [0.3, 0.4) is 0 Å². The molecule has 27 heavy (non-hydrogen) atoms. The van der Waals surface area contributed by atoms with Crippen LogP contribution in [-0.2, 0) is 16.3 Å². The molecule has 4 nitrogen and oxygen atoms in total. The largest absolute Gasteiger partial charge is 0.493 e. The summed E-state index contributed by atoms with van der Waals surface area (Å²) in [6, 6.07) is 19.1. The number of fused-ring (bicyclic) bond motifs is 1. The third kappa shape index (κ3) is 4.01. The van der Waals surface area contributed by atoms with E-state index in [0.29, 0.717) is 17.3 Å². The van der Waals surface area contributed by atoms with Crippen LogP contribution < -0.4 is 4.74 Å². The van der Waals surface area contributed by atoms with Crippen LogP contribution in [0.4, 0.5) is 0 Å². The van der Waals surface area contributed by atoms with Crippen LogP contribution in [0.25, 0.3) is 0 Å². The van der Waals surface area contributed by atoms with Gasteiger partial charge in [0.15, 0.2) is 9.84 Å². The van der Waals surface area contributed by atoms with Crippen molar-refractivity contribution < 1.29 is 13.2 Å². The lowest BCUT2D eigenvalue weighted by molar-refractivity contribution is 0.318. The molecule has 1 aromatic heterocycles. The smallest absolute Gasteiger partial charge is 0.180 e. The Balaban J connectivity index is 1.58. The minimum absolute atomic E-state index is 0.102. The molecule has 138 valence electrons. The molecule has 6 heteroatoms. The van der Waals surface area contributed by atoms with Crippen LogP contribution >= 0.6 is 11.8 Å². The van der Waals surface area contributed by atoms with Gasteiger partial charge in [-0.2, -0.15) is 0 Å². The summed E-state index contributed by atoms with van der Waals surface area (Å²) in [7, 11) is -3.29. The van der Waals surface area contributed by atoms with E-state index in [2.05, 4.69) is 4.98 Å². The van der Waals surface area contributed by atoms with Crippen molar-refractivity contribution in [2.75, 3.05) is 12.4 Å². The molecular weight excluding hydrogens is 378 g/mol. The summed E-state index contributed by atoms with van der Waals surface area (Å²) in [6.45, 7) is 0.477. The molecule has 0 amide bonds. The molecule has 2 heterocycles. The van der Waals surface area contributed by atoms with Crippen LogP contribution in [0.1, 0.15) is 16.4 Å². The zero-order valence-electron chi connectivity index (χ0n) is 14.6. The Labute approximate surface area is 163 Å². The van der Waals surface area contributed by atoms with E-state index in [4.69, 9.17) is 4.74 Å². The fraction of sp³-hybridized carbons (Fsp3) is 0.190. The Hall–Kier alpha value is -2.31. The summed E-state index contributed by atoms with van der Waals surface area (Å²) in [6.07, 6.45) is 4.28. The van der Waals surface area contributed by atoms with E-state index in [0.717, 1.165) is 22.4 Å². The molecule has 1 atom stereocenters. The highest BCUT2D eigenvalue weighted by atomic mass is 32.2. The molecule has 0 aliphatic carbocycles. The number of pyridine rings is 1. The van der Waals surface area contributed by atoms with E-state index in [1.165, 1.54) is 0 Å². The van der Waals surface area contributed by atoms with Crippen molar-refractivity contribution in [1.29, 1.82) is 0 Å². The maximum Gasteiger partial charge on any atom is 0.180 e. The molecule has 1 aliphatic rings. The Morgan fingerprint density at radius 2 is 1.89 bits per heavy atom. The number of rotatable bonds is 6. The van der Waals surface area contributed by atoms with Gasteiger partial charge in [-0.3, -0.25) is 4.98 Å². The lowest BCUT2D eigenvalue weighted by atomic mass is 10.1. The molecule has 0 saturated carbocycles. The first-order valence-corrected chi connectivity index (χ1v) is 11.3. The lowest BCUT2D eigenvalue weighted by Gasteiger charge is -2.15. The Kier molecular flexibility index (Phi) is 5.18. The molecule has 0 bridgehead atoms. The predicted molar refractivity (Wildman–Crippen MR) is 107 cm³/mol. The number of hydrogen-bond donors (Lipinski definition) is 0. The summed E-state index contributed by atoms with van der Waals surface area (Å²) >= 11 is 1.57. The van der Waals surface area contributed by atoms with Gasteiger partial charge >= 0.3 is 0 Å². The number of thioether (sulfide) groups is 1. The van der Waals surface area contributed by atoms with Crippen molar-refractivity contribution in [2.45, 2.75) is 21.5 Å². The van der Waals surface area contributed by atoms with Crippen molar-refractivity contribution >= 4 is 21.6 Å². The second-order valence-electron chi connectivity index (χ2n) is 6.33. The third-order valence-electron chi connectivity index (χ3n) is 4.45. The van der Waals surface area contributed by atoms with Crippen molar-refractivity contribution in [3.05, 3.63) is 84.2 Å². The molecule has 3 aromatic rings. The van der Waals surface area contributed by atoms with E-state index in [1.807, 2.05) is 54.7 Å². The molecule has 1 aliphatic heterocycles. The first-order chi connectivity index (χ1) is 13.1. The van der Waals surface area contributed by atoms with Crippen molar-refractivity contribution in [2.24, 2.45) is 0 Å². The molecule has 0 saturated heterocycles. The van der Waals surface area contributed by atoms with Crippen molar-refractivity contribution in [3.63, 3.8) is 0 Å². The maximum absolute atomic E-state index is 12.6. The second-order valence-corrected chi connectivity index (χ2v) is 9.61. The van der Waals surface area contributed by atoms with E-state index in [9.17, 15) is 8.42 Å². The summed E-state index contributed by atoms with van der Waals surface area (Å²) in [5.41, 5.74) is 1.88. The standard InChI is InChI=1S/C21H19NO3S2/c23-27(24)15-19(26-17-7-2-1-3-8-17)21-18(9-4-10-20(21)27)25-13-11-16-6-5-12-22-14-16/h1-10,12,14,19H,11,13,15H2. The van der Waals surface area contributed by atoms with Crippen LogP contribution in [0.15, 0.2) is 82.8 Å². The number of hydrogen-bond acceptors (Lipinski definition) is 5. The summed E-state index contributed by atoms with van der Waals surface area (Å²) in [5, 5.41) is -0.165.